The maximum atomic E-state index is 11.9. The zero-order chi connectivity index (χ0) is 17.4. The molecule has 1 N–H and O–H groups in total. The Balaban J connectivity index is 2.31. The van der Waals surface area contributed by atoms with Gasteiger partial charge in [0.15, 0.2) is 0 Å². The van der Waals surface area contributed by atoms with Crippen LogP contribution in [0.15, 0.2) is 73.3 Å². The van der Waals surface area contributed by atoms with Crippen molar-refractivity contribution in [3.05, 3.63) is 89.5 Å². The second kappa shape index (κ2) is 8.94. The molecule has 0 heterocycles. The van der Waals surface area contributed by atoms with Gasteiger partial charge in [-0.25, -0.2) is 4.79 Å². The minimum Gasteiger partial charge on any atom is -0.463 e. The van der Waals surface area contributed by atoms with Crippen LogP contribution in [0.2, 0.25) is 5.02 Å². The molecule has 0 aromatic heterocycles. The van der Waals surface area contributed by atoms with Crippen LogP contribution in [0.25, 0.3) is 5.70 Å². The summed E-state index contributed by atoms with van der Waals surface area (Å²) in [7, 11) is 0. The van der Waals surface area contributed by atoms with E-state index in [1.807, 2.05) is 54.6 Å². The van der Waals surface area contributed by atoms with Gasteiger partial charge in [-0.2, -0.15) is 0 Å². The molecule has 0 amide bonds. The van der Waals surface area contributed by atoms with Crippen molar-refractivity contribution in [2.45, 2.75) is 13.0 Å². The molecule has 0 spiro atoms. The van der Waals surface area contributed by atoms with Crippen LogP contribution in [0.1, 0.15) is 24.1 Å². The molecular formula is C20H20ClNO2. The number of rotatable bonds is 7. The highest BCUT2D eigenvalue weighted by Gasteiger charge is 2.12. The highest BCUT2D eigenvalue weighted by molar-refractivity contribution is 6.30. The van der Waals surface area contributed by atoms with Crippen LogP contribution in [0.3, 0.4) is 0 Å². The maximum absolute atomic E-state index is 11.9. The van der Waals surface area contributed by atoms with Crippen molar-refractivity contribution in [1.29, 1.82) is 0 Å². The number of carbonyl (C=O) groups excluding carboxylic acids is 1. The lowest BCUT2D eigenvalue weighted by atomic mass is 10.0. The number of esters is 1. The van der Waals surface area contributed by atoms with E-state index in [0.717, 1.165) is 11.1 Å². The monoisotopic (exact) mass is 341 g/mol. The van der Waals surface area contributed by atoms with Gasteiger partial charge >= 0.3 is 5.97 Å². The number of ether oxygens (including phenoxy) is 1. The Hall–Kier alpha value is -2.52. The summed E-state index contributed by atoms with van der Waals surface area (Å²) in [6, 6.07) is 17.0. The van der Waals surface area contributed by atoms with Gasteiger partial charge in [-0.05, 0) is 30.2 Å². The molecule has 2 aromatic rings. The van der Waals surface area contributed by atoms with E-state index in [-0.39, 0.29) is 12.0 Å². The van der Waals surface area contributed by atoms with Gasteiger partial charge < -0.3 is 10.1 Å². The molecule has 4 heteroatoms. The van der Waals surface area contributed by atoms with Crippen LogP contribution >= 0.6 is 11.6 Å². The maximum Gasteiger partial charge on any atom is 0.332 e. The Morgan fingerprint density at radius 1 is 1.21 bits per heavy atom. The molecule has 2 rings (SSSR count). The first-order valence-electron chi connectivity index (χ1n) is 7.72. The Bertz CT molecular complexity index is 708. The molecule has 24 heavy (non-hydrogen) atoms. The highest BCUT2D eigenvalue weighted by Crippen LogP contribution is 2.22. The Kier molecular flexibility index (Phi) is 6.64. The Morgan fingerprint density at radius 3 is 2.46 bits per heavy atom. The average Bonchev–Trinajstić information content (AvgIpc) is 2.60. The highest BCUT2D eigenvalue weighted by atomic mass is 35.5. The molecule has 0 aliphatic heterocycles. The summed E-state index contributed by atoms with van der Waals surface area (Å²) in [5.74, 6) is -0.386. The van der Waals surface area contributed by atoms with Crippen molar-refractivity contribution in [2.75, 3.05) is 6.61 Å². The SMILES string of the molecule is C=CC(N/C(=C\C(=O)OCC)c1ccccc1)c1ccc(Cl)cc1. The van der Waals surface area contributed by atoms with Gasteiger partial charge in [-0.3, -0.25) is 0 Å². The van der Waals surface area contributed by atoms with E-state index in [4.69, 9.17) is 16.3 Å². The molecule has 0 aliphatic rings. The lowest BCUT2D eigenvalue weighted by molar-refractivity contribution is -0.137. The first-order valence-corrected chi connectivity index (χ1v) is 8.10. The second-order valence-electron chi connectivity index (χ2n) is 5.09. The molecule has 124 valence electrons. The number of benzene rings is 2. The van der Waals surface area contributed by atoms with Gasteiger partial charge in [-0.15, -0.1) is 6.58 Å². The molecule has 0 bridgehead atoms. The van der Waals surface area contributed by atoms with Crippen molar-refractivity contribution in [3.8, 4) is 0 Å². The van der Waals surface area contributed by atoms with Crippen LogP contribution in [-0.2, 0) is 9.53 Å². The topological polar surface area (TPSA) is 38.3 Å². The van der Waals surface area contributed by atoms with Crippen LogP contribution in [0, 0.1) is 0 Å². The summed E-state index contributed by atoms with van der Waals surface area (Å²) in [5.41, 5.74) is 2.57. The van der Waals surface area contributed by atoms with Gasteiger partial charge in [-0.1, -0.05) is 60.1 Å². The predicted octanol–water partition coefficient (Wildman–Crippen LogP) is 4.76. The lowest BCUT2D eigenvalue weighted by Crippen LogP contribution is -2.19. The lowest BCUT2D eigenvalue weighted by Gasteiger charge is -2.19. The van der Waals surface area contributed by atoms with E-state index < -0.39 is 0 Å². The third-order valence-electron chi connectivity index (χ3n) is 3.41. The van der Waals surface area contributed by atoms with E-state index in [1.165, 1.54) is 6.08 Å². The normalized spacial score (nSPS) is 12.3. The molecule has 2 aromatic carbocycles. The molecule has 0 saturated carbocycles. The van der Waals surface area contributed by atoms with Crippen LogP contribution in [0.5, 0.6) is 0 Å². The number of hydrogen-bond donors (Lipinski definition) is 1. The minimum absolute atomic E-state index is 0.164. The molecule has 0 saturated heterocycles. The number of carbonyl (C=O) groups is 1. The standard InChI is InChI=1S/C20H20ClNO2/c1-3-18(16-10-12-17(21)13-11-16)22-19(14-20(23)24-4-2)15-8-6-5-7-9-15/h3,5-14,18,22H,1,4H2,2H3/b19-14-. The van der Waals surface area contributed by atoms with E-state index in [9.17, 15) is 4.79 Å². The summed E-state index contributed by atoms with van der Waals surface area (Å²) >= 11 is 5.95. The van der Waals surface area contributed by atoms with Crippen molar-refractivity contribution in [2.24, 2.45) is 0 Å². The van der Waals surface area contributed by atoms with Crippen LogP contribution in [0.4, 0.5) is 0 Å². The molecule has 0 aliphatic carbocycles. The third-order valence-corrected chi connectivity index (χ3v) is 3.66. The quantitative estimate of drug-likeness (QED) is 0.448. The molecule has 0 radical (unpaired) electrons. The van der Waals surface area contributed by atoms with Crippen molar-refractivity contribution in [1.82, 2.24) is 5.32 Å². The summed E-state index contributed by atoms with van der Waals surface area (Å²) in [6.45, 7) is 6.00. The molecule has 0 fully saturated rings. The van der Waals surface area contributed by atoms with E-state index in [1.54, 1.807) is 13.0 Å². The van der Waals surface area contributed by atoms with Gasteiger partial charge in [0.2, 0.25) is 0 Å². The Morgan fingerprint density at radius 2 is 1.88 bits per heavy atom. The first-order chi connectivity index (χ1) is 11.6. The molecule has 1 unspecified atom stereocenters. The molecule has 1 atom stereocenters. The zero-order valence-electron chi connectivity index (χ0n) is 13.5. The van der Waals surface area contributed by atoms with E-state index >= 15 is 0 Å². The van der Waals surface area contributed by atoms with Crippen LogP contribution in [-0.4, -0.2) is 12.6 Å². The second-order valence-corrected chi connectivity index (χ2v) is 5.52. The Labute approximate surface area is 147 Å². The fourth-order valence-corrected chi connectivity index (χ4v) is 2.37. The first kappa shape index (κ1) is 17.8. The predicted molar refractivity (Wildman–Crippen MR) is 98.6 cm³/mol. The summed E-state index contributed by atoms with van der Waals surface area (Å²) in [5, 5.41) is 4.02. The minimum atomic E-state index is -0.386. The fourth-order valence-electron chi connectivity index (χ4n) is 2.24. The van der Waals surface area contributed by atoms with Gasteiger partial charge in [0.05, 0.1) is 12.6 Å². The smallest absolute Gasteiger partial charge is 0.332 e. The van der Waals surface area contributed by atoms with E-state index in [2.05, 4.69) is 11.9 Å². The van der Waals surface area contributed by atoms with Gasteiger partial charge in [0.25, 0.3) is 0 Å². The molecular weight excluding hydrogens is 322 g/mol. The number of nitrogens with one attached hydrogen (secondary N) is 1. The largest absolute Gasteiger partial charge is 0.463 e. The molecule has 3 nitrogen and oxygen atoms in total. The van der Waals surface area contributed by atoms with Crippen molar-refractivity contribution < 1.29 is 9.53 Å². The summed E-state index contributed by atoms with van der Waals surface area (Å²) < 4.78 is 5.03. The van der Waals surface area contributed by atoms with Crippen molar-refractivity contribution in [3.63, 3.8) is 0 Å². The number of halogens is 1. The average molecular weight is 342 g/mol. The fraction of sp³-hybridized carbons (Fsp3) is 0.150. The summed E-state index contributed by atoms with van der Waals surface area (Å²) in [6.07, 6.45) is 3.25. The van der Waals surface area contributed by atoms with Crippen molar-refractivity contribution >= 4 is 23.3 Å². The zero-order valence-corrected chi connectivity index (χ0v) is 14.3. The van der Waals surface area contributed by atoms with Gasteiger partial charge in [0, 0.05) is 16.8 Å². The van der Waals surface area contributed by atoms with E-state index in [0.29, 0.717) is 17.3 Å². The summed E-state index contributed by atoms with van der Waals surface area (Å²) in [4.78, 5) is 11.9. The van der Waals surface area contributed by atoms with Crippen LogP contribution < -0.4 is 5.32 Å². The van der Waals surface area contributed by atoms with Gasteiger partial charge in [0.1, 0.15) is 0 Å². The number of hydrogen-bond acceptors (Lipinski definition) is 3. The third kappa shape index (κ3) is 5.00.